The summed E-state index contributed by atoms with van der Waals surface area (Å²) in [5, 5.41) is 6.68. The average molecular weight is 444 g/mol. The molecule has 1 aromatic heterocycles. The van der Waals surface area contributed by atoms with Gasteiger partial charge in [-0.25, -0.2) is 4.39 Å². The Morgan fingerprint density at radius 2 is 1.90 bits per heavy atom. The summed E-state index contributed by atoms with van der Waals surface area (Å²) in [6, 6.07) is 7.58. The van der Waals surface area contributed by atoms with Crippen LogP contribution < -0.4 is 20.3 Å². The lowest BCUT2D eigenvalue weighted by molar-refractivity contribution is 0.311. The first-order valence-corrected chi connectivity index (χ1v) is 12.3. The standard InChI is InChI=1S/C21H30FN7OSi/c1-28-8-10-29(11-9-28)21-26-19(23-15-6-7-18(30-2)17(22)13-15)25-20(27-21)24-16-5-3-4-12-31-14-16/h6-7,13,16H,3-5,8-12,14H2,1-2H3,(H2,23,24,25,26,27). The molecule has 2 aromatic rings. The molecular weight excluding hydrogens is 413 g/mol. The minimum atomic E-state index is -0.432. The number of hydrogen-bond acceptors (Lipinski definition) is 8. The summed E-state index contributed by atoms with van der Waals surface area (Å²) >= 11 is 0. The van der Waals surface area contributed by atoms with Crippen LogP contribution in [0.1, 0.15) is 19.3 Å². The third-order valence-corrected chi connectivity index (χ3v) is 7.19. The van der Waals surface area contributed by atoms with Gasteiger partial charge >= 0.3 is 0 Å². The van der Waals surface area contributed by atoms with Crippen LogP contribution in [-0.4, -0.2) is 75.7 Å². The number of rotatable bonds is 6. The van der Waals surface area contributed by atoms with Gasteiger partial charge in [0.05, 0.1) is 7.11 Å². The number of likely N-dealkylation sites (N-methyl/N-ethyl adjacent to an activating group) is 1. The van der Waals surface area contributed by atoms with Gasteiger partial charge in [-0.05, 0) is 31.6 Å². The van der Waals surface area contributed by atoms with Gasteiger partial charge in [0.2, 0.25) is 17.8 Å². The van der Waals surface area contributed by atoms with E-state index in [2.05, 4.69) is 37.4 Å². The van der Waals surface area contributed by atoms with E-state index < -0.39 is 5.82 Å². The number of ether oxygens (including phenoxy) is 1. The van der Waals surface area contributed by atoms with Gasteiger partial charge in [-0.15, -0.1) is 0 Å². The molecule has 0 bridgehead atoms. The van der Waals surface area contributed by atoms with Crippen molar-refractivity contribution in [3.05, 3.63) is 24.0 Å². The molecule has 166 valence electrons. The quantitative estimate of drug-likeness (QED) is 0.660. The van der Waals surface area contributed by atoms with Crippen LogP contribution in [-0.2, 0) is 0 Å². The Morgan fingerprint density at radius 1 is 1.10 bits per heavy atom. The fourth-order valence-electron chi connectivity index (χ4n) is 3.83. The number of nitrogens with zero attached hydrogens (tertiary/aromatic N) is 5. The van der Waals surface area contributed by atoms with E-state index in [1.807, 2.05) is 0 Å². The van der Waals surface area contributed by atoms with Gasteiger partial charge in [0, 0.05) is 53.5 Å². The van der Waals surface area contributed by atoms with Crippen LogP contribution in [0.5, 0.6) is 5.75 Å². The number of hydrogen-bond donors (Lipinski definition) is 2. The smallest absolute Gasteiger partial charge is 0.233 e. The number of benzene rings is 1. The molecule has 1 unspecified atom stereocenters. The van der Waals surface area contributed by atoms with Crippen LogP contribution in [0.2, 0.25) is 12.1 Å². The van der Waals surface area contributed by atoms with Crippen molar-refractivity contribution in [3.63, 3.8) is 0 Å². The summed E-state index contributed by atoms with van der Waals surface area (Å²) in [6.45, 7) is 3.65. The van der Waals surface area contributed by atoms with Crippen molar-refractivity contribution >= 4 is 33.1 Å². The molecule has 3 heterocycles. The molecule has 2 aliphatic heterocycles. The van der Waals surface area contributed by atoms with Gasteiger partial charge in [0.15, 0.2) is 11.6 Å². The average Bonchev–Trinajstić information content (AvgIpc) is 3.03. The van der Waals surface area contributed by atoms with E-state index in [4.69, 9.17) is 9.72 Å². The molecule has 2 N–H and O–H groups in total. The summed E-state index contributed by atoms with van der Waals surface area (Å²) in [6.07, 6.45) is 3.67. The maximum Gasteiger partial charge on any atom is 0.233 e. The number of aromatic nitrogens is 3. The molecule has 2 aliphatic rings. The predicted molar refractivity (Wildman–Crippen MR) is 122 cm³/mol. The second-order valence-electron chi connectivity index (χ2n) is 8.09. The lowest BCUT2D eigenvalue weighted by Crippen LogP contribution is -2.45. The Balaban J connectivity index is 1.58. The summed E-state index contributed by atoms with van der Waals surface area (Å²) in [5.74, 6) is 1.41. The number of halogens is 1. The zero-order valence-electron chi connectivity index (χ0n) is 18.2. The Hall–Kier alpha value is -2.46. The van der Waals surface area contributed by atoms with Crippen molar-refractivity contribution in [1.29, 1.82) is 0 Å². The Bertz CT molecular complexity index is 871. The van der Waals surface area contributed by atoms with E-state index in [0.717, 1.165) is 48.2 Å². The molecule has 8 nitrogen and oxygen atoms in total. The van der Waals surface area contributed by atoms with Crippen LogP contribution in [0.4, 0.5) is 27.9 Å². The summed E-state index contributed by atoms with van der Waals surface area (Å²) in [7, 11) is 4.55. The fraction of sp³-hybridized carbons (Fsp3) is 0.571. The zero-order chi connectivity index (χ0) is 21.6. The lowest BCUT2D eigenvalue weighted by atomic mass is 10.1. The molecule has 0 amide bonds. The van der Waals surface area contributed by atoms with Crippen LogP contribution >= 0.6 is 0 Å². The van der Waals surface area contributed by atoms with Crippen LogP contribution in [0.15, 0.2) is 18.2 Å². The Labute approximate surface area is 185 Å². The van der Waals surface area contributed by atoms with Crippen molar-refractivity contribution in [2.24, 2.45) is 0 Å². The zero-order valence-corrected chi connectivity index (χ0v) is 19.2. The second kappa shape index (κ2) is 10.2. The Morgan fingerprint density at radius 3 is 2.68 bits per heavy atom. The van der Waals surface area contributed by atoms with E-state index in [0.29, 0.717) is 29.6 Å². The summed E-state index contributed by atoms with van der Waals surface area (Å²) in [5.41, 5.74) is 0.565. The van der Waals surface area contributed by atoms with Gasteiger partial charge in [-0.3, -0.25) is 0 Å². The van der Waals surface area contributed by atoms with Crippen LogP contribution in [0, 0.1) is 5.82 Å². The highest BCUT2D eigenvalue weighted by atomic mass is 28.2. The predicted octanol–water partition coefficient (Wildman–Crippen LogP) is 3.02. The maximum absolute atomic E-state index is 14.1. The maximum atomic E-state index is 14.1. The lowest BCUT2D eigenvalue weighted by Gasteiger charge is -2.32. The fourth-order valence-corrected chi connectivity index (χ4v) is 5.19. The molecule has 0 saturated carbocycles. The highest BCUT2D eigenvalue weighted by Gasteiger charge is 2.20. The van der Waals surface area contributed by atoms with Crippen molar-refractivity contribution in [2.75, 3.05) is 55.9 Å². The van der Waals surface area contributed by atoms with E-state index in [-0.39, 0.29) is 5.75 Å². The van der Waals surface area contributed by atoms with Gasteiger partial charge in [-0.1, -0.05) is 18.9 Å². The van der Waals surface area contributed by atoms with Gasteiger partial charge in [0.1, 0.15) is 0 Å². The molecular formula is C21H30FN7OSi. The number of methoxy groups -OCH3 is 1. The first-order valence-electron chi connectivity index (χ1n) is 10.9. The number of piperazine rings is 1. The second-order valence-corrected chi connectivity index (χ2v) is 9.50. The third kappa shape index (κ3) is 5.82. The van der Waals surface area contributed by atoms with E-state index in [1.165, 1.54) is 32.1 Å². The van der Waals surface area contributed by atoms with Crippen molar-refractivity contribution in [3.8, 4) is 5.75 Å². The molecule has 31 heavy (non-hydrogen) atoms. The highest BCUT2D eigenvalue weighted by Crippen LogP contribution is 2.25. The molecule has 0 spiro atoms. The van der Waals surface area contributed by atoms with Crippen molar-refractivity contribution in [1.82, 2.24) is 19.9 Å². The molecule has 2 fully saturated rings. The highest BCUT2D eigenvalue weighted by molar-refractivity contribution is 6.35. The van der Waals surface area contributed by atoms with Crippen molar-refractivity contribution < 1.29 is 9.13 Å². The summed E-state index contributed by atoms with van der Waals surface area (Å²) in [4.78, 5) is 18.5. The first-order chi connectivity index (χ1) is 15.1. The Kier molecular flexibility index (Phi) is 7.18. The van der Waals surface area contributed by atoms with Crippen LogP contribution in [0.3, 0.4) is 0 Å². The van der Waals surface area contributed by atoms with Crippen LogP contribution in [0.25, 0.3) is 0 Å². The first kappa shape index (κ1) is 21.8. The molecule has 2 radical (unpaired) electrons. The molecule has 4 rings (SSSR count). The topological polar surface area (TPSA) is 78.4 Å². The minimum Gasteiger partial charge on any atom is -0.494 e. The van der Waals surface area contributed by atoms with E-state index >= 15 is 0 Å². The van der Waals surface area contributed by atoms with E-state index in [9.17, 15) is 4.39 Å². The molecule has 2 saturated heterocycles. The largest absolute Gasteiger partial charge is 0.494 e. The van der Waals surface area contributed by atoms with Gasteiger partial charge < -0.3 is 25.2 Å². The minimum absolute atomic E-state index is 0.205. The normalized spacial score (nSPS) is 20.2. The molecule has 1 atom stereocenters. The molecule has 0 aliphatic carbocycles. The third-order valence-electron chi connectivity index (χ3n) is 5.70. The van der Waals surface area contributed by atoms with E-state index in [1.54, 1.807) is 12.1 Å². The molecule has 10 heteroatoms. The SMILES string of the molecule is COc1ccc(Nc2nc(NC3CCCC[Si]C3)nc(N3CCN(C)CC3)n2)cc1F. The summed E-state index contributed by atoms with van der Waals surface area (Å²) < 4.78 is 19.2. The molecule has 1 aromatic carbocycles. The van der Waals surface area contributed by atoms with Gasteiger partial charge in [-0.2, -0.15) is 15.0 Å². The number of nitrogens with one attached hydrogen (secondary N) is 2. The van der Waals surface area contributed by atoms with Gasteiger partial charge in [0.25, 0.3) is 0 Å². The van der Waals surface area contributed by atoms with Crippen molar-refractivity contribution in [2.45, 2.75) is 37.4 Å². The number of anilines is 4. The monoisotopic (exact) mass is 443 g/mol.